The van der Waals surface area contributed by atoms with E-state index in [2.05, 4.69) is 20.8 Å². The zero-order valence-corrected chi connectivity index (χ0v) is 12.9. The molecule has 1 aliphatic rings. The summed E-state index contributed by atoms with van der Waals surface area (Å²) in [6.45, 7) is 3.27. The SMILES string of the molecule is Cc1nc([C@H](NC(=O)C2CCNCC2)c2ccccc2F)no1. The van der Waals surface area contributed by atoms with Crippen LogP contribution < -0.4 is 10.6 Å². The molecule has 0 unspecified atom stereocenters. The van der Waals surface area contributed by atoms with Gasteiger partial charge >= 0.3 is 0 Å². The first-order chi connectivity index (χ1) is 11.1. The van der Waals surface area contributed by atoms with Crippen molar-refractivity contribution in [2.45, 2.75) is 25.8 Å². The van der Waals surface area contributed by atoms with E-state index in [4.69, 9.17) is 4.52 Å². The summed E-state index contributed by atoms with van der Waals surface area (Å²) in [6.07, 6.45) is 1.53. The summed E-state index contributed by atoms with van der Waals surface area (Å²) in [5.41, 5.74) is 0.329. The van der Waals surface area contributed by atoms with Crippen LogP contribution in [-0.4, -0.2) is 29.1 Å². The third-order valence-corrected chi connectivity index (χ3v) is 4.01. The Morgan fingerprint density at radius 3 is 2.78 bits per heavy atom. The second-order valence-corrected chi connectivity index (χ2v) is 5.66. The lowest BCUT2D eigenvalue weighted by molar-refractivity contribution is -0.126. The summed E-state index contributed by atoms with van der Waals surface area (Å²) >= 11 is 0. The van der Waals surface area contributed by atoms with E-state index >= 15 is 0 Å². The summed E-state index contributed by atoms with van der Waals surface area (Å²) in [5, 5.41) is 9.95. The van der Waals surface area contributed by atoms with E-state index in [1.165, 1.54) is 6.07 Å². The van der Waals surface area contributed by atoms with Gasteiger partial charge in [-0.05, 0) is 32.0 Å². The monoisotopic (exact) mass is 318 g/mol. The highest BCUT2D eigenvalue weighted by Crippen LogP contribution is 2.24. The van der Waals surface area contributed by atoms with E-state index in [1.54, 1.807) is 25.1 Å². The van der Waals surface area contributed by atoms with Crippen molar-refractivity contribution >= 4 is 5.91 Å². The summed E-state index contributed by atoms with van der Waals surface area (Å²) in [4.78, 5) is 16.7. The van der Waals surface area contributed by atoms with E-state index in [-0.39, 0.29) is 17.6 Å². The quantitative estimate of drug-likeness (QED) is 0.897. The van der Waals surface area contributed by atoms with Crippen LogP contribution in [0.3, 0.4) is 0 Å². The Hall–Kier alpha value is -2.28. The third kappa shape index (κ3) is 3.56. The van der Waals surface area contributed by atoms with Gasteiger partial charge < -0.3 is 15.2 Å². The normalized spacial score (nSPS) is 17.0. The molecular formula is C16H19FN4O2. The number of hydrogen-bond donors (Lipinski definition) is 2. The van der Waals surface area contributed by atoms with Gasteiger partial charge in [0.2, 0.25) is 11.8 Å². The van der Waals surface area contributed by atoms with Crippen molar-refractivity contribution in [1.82, 2.24) is 20.8 Å². The van der Waals surface area contributed by atoms with Crippen LogP contribution in [0.2, 0.25) is 0 Å². The van der Waals surface area contributed by atoms with Crippen molar-refractivity contribution in [3.8, 4) is 0 Å². The summed E-state index contributed by atoms with van der Waals surface area (Å²) < 4.78 is 19.2. The molecule has 1 aliphatic heterocycles. The van der Waals surface area contributed by atoms with Gasteiger partial charge in [-0.2, -0.15) is 4.98 Å². The van der Waals surface area contributed by atoms with Crippen molar-refractivity contribution in [1.29, 1.82) is 0 Å². The van der Waals surface area contributed by atoms with Gasteiger partial charge in [0.1, 0.15) is 11.9 Å². The van der Waals surface area contributed by atoms with Crippen LogP contribution in [0, 0.1) is 18.7 Å². The minimum Gasteiger partial charge on any atom is -0.342 e. The number of aromatic nitrogens is 2. The van der Waals surface area contributed by atoms with Crippen LogP contribution in [0.25, 0.3) is 0 Å². The molecule has 23 heavy (non-hydrogen) atoms. The molecule has 1 aromatic carbocycles. The van der Waals surface area contributed by atoms with Gasteiger partial charge in [0.05, 0.1) is 0 Å². The van der Waals surface area contributed by atoms with E-state index in [0.29, 0.717) is 11.5 Å². The lowest BCUT2D eigenvalue weighted by Gasteiger charge is -2.24. The van der Waals surface area contributed by atoms with Gasteiger partial charge in [0.15, 0.2) is 5.82 Å². The molecule has 0 spiro atoms. The molecule has 1 fully saturated rings. The number of aryl methyl sites for hydroxylation is 1. The summed E-state index contributed by atoms with van der Waals surface area (Å²) in [5.74, 6) is 0.0265. The first-order valence-electron chi connectivity index (χ1n) is 7.71. The molecule has 2 N–H and O–H groups in total. The zero-order chi connectivity index (χ0) is 16.2. The Bertz CT molecular complexity index is 682. The molecule has 0 saturated carbocycles. The van der Waals surface area contributed by atoms with E-state index < -0.39 is 11.9 Å². The molecule has 3 rings (SSSR count). The van der Waals surface area contributed by atoms with Crippen molar-refractivity contribution < 1.29 is 13.7 Å². The first kappa shape index (κ1) is 15.6. The number of piperidine rings is 1. The van der Waals surface area contributed by atoms with Crippen molar-refractivity contribution in [2.24, 2.45) is 5.92 Å². The fraction of sp³-hybridized carbons (Fsp3) is 0.438. The standard InChI is InChI=1S/C16H19FN4O2/c1-10-19-15(21-23-10)14(12-4-2-3-5-13(12)17)20-16(22)11-6-8-18-9-7-11/h2-5,11,14,18H,6-9H2,1H3,(H,20,22)/t14-/m1/s1. The van der Waals surface area contributed by atoms with Crippen LogP contribution >= 0.6 is 0 Å². The maximum absolute atomic E-state index is 14.2. The molecule has 7 heteroatoms. The molecule has 1 aromatic heterocycles. The Labute approximate surface area is 133 Å². The third-order valence-electron chi connectivity index (χ3n) is 4.01. The van der Waals surface area contributed by atoms with Crippen molar-refractivity contribution in [3.05, 3.63) is 47.4 Å². The average molecular weight is 318 g/mol. The fourth-order valence-electron chi connectivity index (χ4n) is 2.77. The van der Waals surface area contributed by atoms with Crippen molar-refractivity contribution in [2.75, 3.05) is 13.1 Å². The number of carbonyl (C=O) groups is 1. The van der Waals surface area contributed by atoms with Crippen LogP contribution in [-0.2, 0) is 4.79 Å². The van der Waals surface area contributed by atoms with Crippen LogP contribution in [0.15, 0.2) is 28.8 Å². The fourth-order valence-corrected chi connectivity index (χ4v) is 2.77. The van der Waals surface area contributed by atoms with Gasteiger partial charge in [0, 0.05) is 18.4 Å². The Morgan fingerprint density at radius 1 is 1.39 bits per heavy atom. The molecular weight excluding hydrogens is 299 g/mol. The van der Waals surface area contributed by atoms with E-state index in [0.717, 1.165) is 25.9 Å². The highest BCUT2D eigenvalue weighted by molar-refractivity contribution is 5.79. The number of benzene rings is 1. The molecule has 2 heterocycles. The Kier molecular flexibility index (Phi) is 4.66. The highest BCUT2D eigenvalue weighted by Gasteiger charge is 2.28. The zero-order valence-electron chi connectivity index (χ0n) is 12.9. The number of amides is 1. The minimum absolute atomic E-state index is 0.0847. The predicted molar refractivity (Wildman–Crippen MR) is 81.0 cm³/mol. The van der Waals surface area contributed by atoms with Crippen LogP contribution in [0.4, 0.5) is 4.39 Å². The highest BCUT2D eigenvalue weighted by atomic mass is 19.1. The number of hydrogen-bond acceptors (Lipinski definition) is 5. The first-order valence-corrected chi connectivity index (χ1v) is 7.71. The van der Waals surface area contributed by atoms with Crippen molar-refractivity contribution in [3.63, 3.8) is 0 Å². The molecule has 1 saturated heterocycles. The molecule has 0 radical (unpaired) electrons. The second kappa shape index (κ2) is 6.87. The van der Waals surface area contributed by atoms with E-state index in [9.17, 15) is 9.18 Å². The molecule has 1 amide bonds. The van der Waals surface area contributed by atoms with Gasteiger partial charge in [-0.3, -0.25) is 4.79 Å². The van der Waals surface area contributed by atoms with Gasteiger partial charge in [-0.1, -0.05) is 23.4 Å². The number of carbonyl (C=O) groups excluding carboxylic acids is 1. The van der Waals surface area contributed by atoms with Gasteiger partial charge in [-0.15, -0.1) is 0 Å². The minimum atomic E-state index is -0.754. The predicted octanol–water partition coefficient (Wildman–Crippen LogP) is 1.72. The van der Waals surface area contributed by atoms with Crippen LogP contribution in [0.1, 0.15) is 36.2 Å². The number of nitrogens with zero attached hydrogens (tertiary/aromatic N) is 2. The summed E-state index contributed by atoms with van der Waals surface area (Å²) in [7, 11) is 0. The van der Waals surface area contributed by atoms with Gasteiger partial charge in [0.25, 0.3) is 0 Å². The average Bonchev–Trinajstić information content (AvgIpc) is 3.00. The molecule has 2 aromatic rings. The largest absolute Gasteiger partial charge is 0.342 e. The topological polar surface area (TPSA) is 80.0 Å². The maximum atomic E-state index is 14.2. The molecule has 0 aliphatic carbocycles. The molecule has 1 atom stereocenters. The van der Waals surface area contributed by atoms with E-state index in [1.807, 2.05) is 0 Å². The lowest BCUT2D eigenvalue weighted by atomic mass is 9.96. The smallest absolute Gasteiger partial charge is 0.224 e. The second-order valence-electron chi connectivity index (χ2n) is 5.66. The Balaban J connectivity index is 1.86. The lowest BCUT2D eigenvalue weighted by Crippen LogP contribution is -2.40. The molecule has 0 bridgehead atoms. The van der Waals surface area contributed by atoms with Crippen LogP contribution in [0.5, 0.6) is 0 Å². The number of halogens is 1. The Morgan fingerprint density at radius 2 is 2.13 bits per heavy atom. The molecule has 6 nitrogen and oxygen atoms in total. The van der Waals surface area contributed by atoms with Gasteiger partial charge in [-0.25, -0.2) is 4.39 Å². The number of nitrogens with one attached hydrogen (secondary N) is 2. The maximum Gasteiger partial charge on any atom is 0.224 e. The summed E-state index contributed by atoms with van der Waals surface area (Å²) in [6, 6.07) is 5.54. The number of rotatable bonds is 4. The molecule has 122 valence electrons.